The second-order valence-corrected chi connectivity index (χ2v) is 8.91. The molecule has 0 radical (unpaired) electrons. The Morgan fingerprint density at radius 1 is 0.889 bits per heavy atom. The molecular weight excluding hydrogens is 366 g/mol. The number of rotatable bonds is 7. The van der Waals surface area contributed by atoms with E-state index in [4.69, 9.17) is 4.18 Å². The Bertz CT molecular complexity index is 697. The molecule has 0 atom stereocenters. The molecule has 2 fully saturated rings. The van der Waals surface area contributed by atoms with E-state index in [1.54, 1.807) is 24.3 Å². The number of hydrogen-bond donors (Lipinski definition) is 0. The predicted octanol–water partition coefficient (Wildman–Crippen LogP) is 1.03. The van der Waals surface area contributed by atoms with Gasteiger partial charge in [0.1, 0.15) is 5.75 Å². The molecule has 27 heavy (non-hydrogen) atoms. The topological polar surface area (TPSA) is 70.2 Å². The van der Waals surface area contributed by atoms with Gasteiger partial charge in [0.05, 0.1) is 12.3 Å². The monoisotopic (exact) mass is 395 g/mol. The standard InChI is InChI=1S/C19H29N3O4S/c23-19(22-9-5-2-6-10-22)17-21-13-11-20(12-14-21)15-16-27(24,25)26-18-7-3-1-4-8-18/h1,3-4,7-8H,2,5-6,9-17H2. The van der Waals surface area contributed by atoms with Crippen LogP contribution in [0.3, 0.4) is 0 Å². The highest BCUT2D eigenvalue weighted by Gasteiger charge is 2.24. The lowest BCUT2D eigenvalue weighted by Gasteiger charge is -2.35. The van der Waals surface area contributed by atoms with Crippen molar-refractivity contribution in [2.75, 3.05) is 58.1 Å². The Labute approximate surface area is 162 Å². The zero-order chi connectivity index (χ0) is 19.1. The molecule has 1 amide bonds. The first-order valence-electron chi connectivity index (χ1n) is 9.71. The van der Waals surface area contributed by atoms with Gasteiger partial charge < -0.3 is 9.08 Å². The summed E-state index contributed by atoms with van der Waals surface area (Å²) in [7, 11) is -3.60. The highest BCUT2D eigenvalue weighted by molar-refractivity contribution is 7.87. The fraction of sp³-hybridized carbons (Fsp3) is 0.632. The quantitative estimate of drug-likeness (QED) is 0.642. The van der Waals surface area contributed by atoms with Gasteiger partial charge in [-0.05, 0) is 31.4 Å². The van der Waals surface area contributed by atoms with Crippen LogP contribution < -0.4 is 4.18 Å². The molecule has 0 N–H and O–H groups in total. The molecule has 0 spiro atoms. The molecule has 1 aromatic rings. The number of nitrogens with zero attached hydrogens (tertiary/aromatic N) is 3. The van der Waals surface area contributed by atoms with Crippen LogP contribution in [0.4, 0.5) is 0 Å². The maximum absolute atomic E-state index is 12.4. The highest BCUT2D eigenvalue weighted by Crippen LogP contribution is 2.13. The lowest BCUT2D eigenvalue weighted by Crippen LogP contribution is -2.51. The van der Waals surface area contributed by atoms with Crippen LogP contribution in [-0.4, -0.2) is 87.1 Å². The molecule has 0 aliphatic carbocycles. The first-order valence-corrected chi connectivity index (χ1v) is 11.3. The average Bonchev–Trinajstić information content (AvgIpc) is 2.69. The first kappa shape index (κ1) is 20.1. The number of carbonyl (C=O) groups excluding carboxylic acids is 1. The molecule has 0 aromatic heterocycles. The summed E-state index contributed by atoms with van der Waals surface area (Å²) in [4.78, 5) is 18.6. The number of hydrogen-bond acceptors (Lipinski definition) is 6. The van der Waals surface area contributed by atoms with Crippen LogP contribution >= 0.6 is 0 Å². The second kappa shape index (κ2) is 9.52. The molecule has 2 heterocycles. The molecule has 150 valence electrons. The van der Waals surface area contributed by atoms with Crippen molar-refractivity contribution in [3.63, 3.8) is 0 Å². The average molecular weight is 396 g/mol. The lowest BCUT2D eigenvalue weighted by atomic mass is 10.1. The summed E-state index contributed by atoms with van der Waals surface area (Å²) in [6, 6.07) is 8.57. The van der Waals surface area contributed by atoms with Crippen LogP contribution in [0.2, 0.25) is 0 Å². The van der Waals surface area contributed by atoms with E-state index < -0.39 is 10.1 Å². The van der Waals surface area contributed by atoms with Gasteiger partial charge in [0.15, 0.2) is 0 Å². The Hall–Kier alpha value is -1.64. The van der Waals surface area contributed by atoms with Crippen molar-refractivity contribution in [1.29, 1.82) is 0 Å². The smallest absolute Gasteiger partial charge is 0.310 e. The van der Waals surface area contributed by atoms with E-state index in [1.165, 1.54) is 6.42 Å². The maximum atomic E-state index is 12.4. The Balaban J connectivity index is 1.37. The van der Waals surface area contributed by atoms with Crippen molar-refractivity contribution >= 4 is 16.0 Å². The number of piperazine rings is 1. The van der Waals surface area contributed by atoms with Crippen molar-refractivity contribution in [2.45, 2.75) is 19.3 Å². The van der Waals surface area contributed by atoms with Gasteiger partial charge in [0.2, 0.25) is 5.91 Å². The van der Waals surface area contributed by atoms with E-state index in [9.17, 15) is 13.2 Å². The van der Waals surface area contributed by atoms with Crippen LogP contribution in [0.5, 0.6) is 5.75 Å². The molecule has 1 aromatic carbocycles. The number of piperidine rings is 1. The van der Waals surface area contributed by atoms with E-state index in [-0.39, 0.29) is 11.7 Å². The van der Waals surface area contributed by atoms with E-state index in [0.29, 0.717) is 18.8 Å². The lowest BCUT2D eigenvalue weighted by molar-refractivity contribution is -0.133. The molecule has 3 rings (SSSR count). The minimum atomic E-state index is -3.60. The number of benzene rings is 1. The van der Waals surface area contributed by atoms with Crippen molar-refractivity contribution in [2.24, 2.45) is 0 Å². The zero-order valence-electron chi connectivity index (χ0n) is 15.8. The van der Waals surface area contributed by atoms with Crippen LogP contribution in [0.25, 0.3) is 0 Å². The fourth-order valence-corrected chi connectivity index (χ4v) is 4.48. The normalized spacial score (nSPS) is 19.8. The van der Waals surface area contributed by atoms with E-state index in [2.05, 4.69) is 9.80 Å². The Morgan fingerprint density at radius 3 is 2.19 bits per heavy atom. The summed E-state index contributed by atoms with van der Waals surface area (Å²) in [5.74, 6) is 0.537. The molecule has 2 aliphatic heterocycles. The van der Waals surface area contributed by atoms with Gasteiger partial charge in [0.25, 0.3) is 0 Å². The summed E-state index contributed by atoms with van der Waals surface area (Å²) >= 11 is 0. The minimum absolute atomic E-state index is 0.0331. The summed E-state index contributed by atoms with van der Waals surface area (Å²) in [5.41, 5.74) is 0. The van der Waals surface area contributed by atoms with Gasteiger partial charge >= 0.3 is 10.1 Å². The van der Waals surface area contributed by atoms with Crippen LogP contribution in [0.15, 0.2) is 30.3 Å². The molecule has 0 unspecified atom stereocenters. The zero-order valence-corrected chi connectivity index (χ0v) is 16.6. The van der Waals surface area contributed by atoms with E-state index in [1.807, 2.05) is 11.0 Å². The molecule has 0 saturated carbocycles. The Morgan fingerprint density at radius 2 is 1.52 bits per heavy atom. The summed E-state index contributed by atoms with van der Waals surface area (Å²) in [6.45, 7) is 5.82. The third-order valence-corrected chi connectivity index (χ3v) is 6.29. The summed E-state index contributed by atoms with van der Waals surface area (Å²) in [6.07, 6.45) is 3.44. The summed E-state index contributed by atoms with van der Waals surface area (Å²) in [5, 5.41) is 0. The largest absolute Gasteiger partial charge is 0.382 e. The molecule has 2 saturated heterocycles. The minimum Gasteiger partial charge on any atom is -0.382 e. The molecule has 0 bridgehead atoms. The fourth-order valence-electron chi connectivity index (χ4n) is 3.51. The molecule has 2 aliphatic rings. The van der Waals surface area contributed by atoms with Gasteiger partial charge in [-0.3, -0.25) is 14.6 Å². The van der Waals surface area contributed by atoms with Gasteiger partial charge in [-0.1, -0.05) is 18.2 Å². The molecule has 8 heteroatoms. The molecular formula is C19H29N3O4S. The van der Waals surface area contributed by atoms with Crippen molar-refractivity contribution < 1.29 is 17.4 Å². The number of carbonyl (C=O) groups is 1. The SMILES string of the molecule is O=C(CN1CCN(CCS(=O)(=O)Oc2ccccc2)CC1)N1CCCCC1. The first-order chi connectivity index (χ1) is 13.0. The van der Waals surface area contributed by atoms with Crippen LogP contribution in [-0.2, 0) is 14.9 Å². The van der Waals surface area contributed by atoms with Gasteiger partial charge in [0, 0.05) is 45.8 Å². The van der Waals surface area contributed by atoms with Crippen LogP contribution in [0, 0.1) is 0 Å². The van der Waals surface area contributed by atoms with Crippen LogP contribution in [0.1, 0.15) is 19.3 Å². The third kappa shape index (κ3) is 6.48. The van der Waals surface area contributed by atoms with E-state index in [0.717, 1.165) is 52.1 Å². The number of likely N-dealkylation sites (tertiary alicyclic amines) is 1. The van der Waals surface area contributed by atoms with Gasteiger partial charge in [-0.25, -0.2) is 0 Å². The second-order valence-electron chi connectivity index (χ2n) is 7.22. The van der Waals surface area contributed by atoms with Crippen molar-refractivity contribution in [1.82, 2.24) is 14.7 Å². The van der Waals surface area contributed by atoms with Gasteiger partial charge in [-0.2, -0.15) is 8.42 Å². The number of amides is 1. The van der Waals surface area contributed by atoms with Gasteiger partial charge in [-0.15, -0.1) is 0 Å². The number of para-hydroxylation sites is 1. The predicted molar refractivity (Wildman–Crippen MR) is 104 cm³/mol. The van der Waals surface area contributed by atoms with Crippen molar-refractivity contribution in [3.8, 4) is 5.75 Å². The summed E-state index contributed by atoms with van der Waals surface area (Å²) < 4.78 is 29.4. The molecule has 7 nitrogen and oxygen atoms in total. The van der Waals surface area contributed by atoms with Crippen molar-refractivity contribution in [3.05, 3.63) is 30.3 Å². The third-order valence-electron chi connectivity index (χ3n) is 5.16. The highest BCUT2D eigenvalue weighted by atomic mass is 32.2. The van der Waals surface area contributed by atoms with E-state index >= 15 is 0 Å². The Kier molecular flexibility index (Phi) is 7.09. The maximum Gasteiger partial charge on any atom is 0.310 e.